The Morgan fingerprint density at radius 2 is 1.74 bits per heavy atom. The molecule has 1 aliphatic rings. The third kappa shape index (κ3) is 3.22. The second-order valence-electron chi connectivity index (χ2n) is 6.39. The highest BCUT2D eigenvalue weighted by atomic mass is 35.6. The molecule has 0 spiro atoms. The van der Waals surface area contributed by atoms with Crippen molar-refractivity contribution in [3.05, 3.63) is 35.9 Å². The summed E-state index contributed by atoms with van der Waals surface area (Å²) in [4.78, 5) is 0. The van der Waals surface area contributed by atoms with E-state index < -0.39 is 7.87 Å². The van der Waals surface area contributed by atoms with Crippen molar-refractivity contribution in [1.82, 2.24) is 0 Å². The van der Waals surface area contributed by atoms with Crippen LogP contribution in [0.3, 0.4) is 0 Å². The minimum absolute atomic E-state index is 0.0442. The Kier molecular flexibility index (Phi) is 4.12. The number of halogens is 1. The van der Waals surface area contributed by atoms with E-state index in [9.17, 15) is 0 Å². The highest BCUT2D eigenvalue weighted by Crippen LogP contribution is 2.52. The minimum atomic E-state index is -2.66. The maximum Gasteiger partial charge on any atom is 0.447 e. The van der Waals surface area contributed by atoms with E-state index in [1.807, 2.05) is 39.0 Å². The van der Waals surface area contributed by atoms with E-state index in [0.29, 0.717) is 5.92 Å². The van der Waals surface area contributed by atoms with Gasteiger partial charge in [0.2, 0.25) is 0 Å². The molecule has 1 heterocycles. The van der Waals surface area contributed by atoms with Crippen molar-refractivity contribution in [2.45, 2.75) is 51.9 Å². The SMILES string of the molecule is CC1[C@H](C)[C@@H](c2ccccc2)O[Si]1(Cl)OC(C)(C)C. The monoisotopic (exact) mass is 298 g/mol. The first-order valence-electron chi connectivity index (χ1n) is 6.85. The largest absolute Gasteiger partial charge is 0.447 e. The predicted octanol–water partition coefficient (Wildman–Crippen LogP) is 4.78. The lowest BCUT2D eigenvalue weighted by atomic mass is 9.95. The van der Waals surface area contributed by atoms with Gasteiger partial charge >= 0.3 is 7.87 Å². The molecule has 2 rings (SSSR count). The molecule has 1 aromatic rings. The van der Waals surface area contributed by atoms with E-state index in [4.69, 9.17) is 19.9 Å². The molecule has 4 atom stereocenters. The third-order valence-electron chi connectivity index (χ3n) is 3.67. The first-order valence-corrected chi connectivity index (χ1v) is 9.75. The van der Waals surface area contributed by atoms with Crippen LogP contribution in [0.1, 0.15) is 46.3 Å². The van der Waals surface area contributed by atoms with E-state index >= 15 is 0 Å². The average molecular weight is 299 g/mol. The van der Waals surface area contributed by atoms with Crippen LogP contribution in [0.5, 0.6) is 0 Å². The van der Waals surface area contributed by atoms with Crippen molar-refractivity contribution < 1.29 is 8.85 Å². The summed E-state index contributed by atoms with van der Waals surface area (Å²) in [5.74, 6) is 0.369. The van der Waals surface area contributed by atoms with E-state index in [1.165, 1.54) is 5.56 Å². The summed E-state index contributed by atoms with van der Waals surface area (Å²) in [6.45, 7) is 10.4. The Hall–Kier alpha value is -0.353. The van der Waals surface area contributed by atoms with Crippen molar-refractivity contribution in [3.63, 3.8) is 0 Å². The van der Waals surface area contributed by atoms with Crippen molar-refractivity contribution in [2.24, 2.45) is 5.92 Å². The molecular formula is C15H23ClO2Si. The summed E-state index contributed by atoms with van der Waals surface area (Å²) >= 11 is 6.74. The van der Waals surface area contributed by atoms with Crippen LogP contribution in [0.15, 0.2) is 30.3 Å². The van der Waals surface area contributed by atoms with Gasteiger partial charge in [-0.3, -0.25) is 0 Å². The molecule has 0 amide bonds. The van der Waals surface area contributed by atoms with Crippen molar-refractivity contribution in [2.75, 3.05) is 0 Å². The lowest BCUT2D eigenvalue weighted by Crippen LogP contribution is -2.42. The molecule has 2 nitrogen and oxygen atoms in total. The number of hydrogen-bond donors (Lipinski definition) is 0. The molecule has 0 bridgehead atoms. The summed E-state index contributed by atoms with van der Waals surface area (Å²) in [7, 11) is -2.66. The number of benzene rings is 1. The Labute approximate surface area is 122 Å². The van der Waals surface area contributed by atoms with Gasteiger partial charge in [0, 0.05) is 5.54 Å². The zero-order chi connectivity index (χ0) is 14.3. The van der Waals surface area contributed by atoms with Gasteiger partial charge in [-0.25, -0.2) is 0 Å². The molecule has 106 valence electrons. The van der Waals surface area contributed by atoms with Crippen molar-refractivity contribution >= 4 is 18.9 Å². The molecule has 1 aromatic carbocycles. The summed E-state index contributed by atoms with van der Waals surface area (Å²) in [5.41, 5.74) is 1.18. The smallest absolute Gasteiger partial charge is 0.378 e. The third-order valence-corrected chi connectivity index (χ3v) is 8.28. The van der Waals surface area contributed by atoms with Gasteiger partial charge in [-0.05, 0) is 32.3 Å². The molecule has 4 heteroatoms. The van der Waals surface area contributed by atoms with Gasteiger partial charge in [0.15, 0.2) is 0 Å². The van der Waals surface area contributed by atoms with E-state index in [2.05, 4.69) is 26.0 Å². The molecule has 0 radical (unpaired) electrons. The molecule has 0 N–H and O–H groups in total. The summed E-state index contributed by atoms with van der Waals surface area (Å²) in [6, 6.07) is 10.3. The molecule has 19 heavy (non-hydrogen) atoms. The average Bonchev–Trinajstić information content (AvgIpc) is 2.53. The lowest BCUT2D eigenvalue weighted by Gasteiger charge is -2.31. The highest BCUT2D eigenvalue weighted by molar-refractivity contribution is 7.14. The molecule has 0 aromatic heterocycles. The topological polar surface area (TPSA) is 18.5 Å². The Balaban J connectivity index is 2.24. The normalized spacial score (nSPS) is 35.6. The number of rotatable bonds is 2. The van der Waals surface area contributed by atoms with Crippen LogP contribution in [0.4, 0.5) is 0 Å². The molecule has 0 aliphatic carbocycles. The van der Waals surface area contributed by atoms with Gasteiger partial charge in [-0.2, -0.15) is 0 Å². The van der Waals surface area contributed by atoms with Crippen molar-refractivity contribution in [3.8, 4) is 0 Å². The minimum Gasteiger partial charge on any atom is -0.378 e. The van der Waals surface area contributed by atoms with E-state index in [0.717, 1.165) is 0 Å². The van der Waals surface area contributed by atoms with E-state index in [-0.39, 0.29) is 17.2 Å². The lowest BCUT2D eigenvalue weighted by molar-refractivity contribution is 0.0665. The van der Waals surface area contributed by atoms with Crippen molar-refractivity contribution in [1.29, 1.82) is 0 Å². The zero-order valence-electron chi connectivity index (χ0n) is 12.3. The first-order chi connectivity index (χ1) is 8.73. The van der Waals surface area contributed by atoms with Gasteiger partial charge in [0.25, 0.3) is 0 Å². The Morgan fingerprint density at radius 3 is 2.26 bits per heavy atom. The van der Waals surface area contributed by atoms with Crippen LogP contribution in [0.25, 0.3) is 0 Å². The Bertz CT molecular complexity index is 432. The van der Waals surface area contributed by atoms with Crippen LogP contribution < -0.4 is 0 Å². The highest BCUT2D eigenvalue weighted by Gasteiger charge is 2.57. The molecule has 1 fully saturated rings. The van der Waals surface area contributed by atoms with Gasteiger partial charge < -0.3 is 8.85 Å². The van der Waals surface area contributed by atoms with Crippen LogP contribution in [0, 0.1) is 5.92 Å². The Morgan fingerprint density at radius 1 is 1.16 bits per heavy atom. The molecule has 2 unspecified atom stereocenters. The molecule has 1 aliphatic heterocycles. The summed E-state index contributed by atoms with van der Waals surface area (Å²) in [6.07, 6.45) is 0.0442. The molecule has 0 saturated carbocycles. The fourth-order valence-electron chi connectivity index (χ4n) is 2.51. The maximum absolute atomic E-state index is 6.74. The van der Waals surface area contributed by atoms with Crippen LogP contribution in [0.2, 0.25) is 5.54 Å². The zero-order valence-corrected chi connectivity index (χ0v) is 14.1. The van der Waals surface area contributed by atoms with Gasteiger partial charge in [-0.1, -0.05) is 55.3 Å². The molecule has 1 saturated heterocycles. The number of hydrogen-bond acceptors (Lipinski definition) is 2. The second-order valence-corrected chi connectivity index (χ2v) is 10.5. The summed E-state index contributed by atoms with van der Waals surface area (Å²) in [5, 5.41) is 0. The quantitative estimate of drug-likeness (QED) is 0.578. The molecular weight excluding hydrogens is 276 g/mol. The predicted molar refractivity (Wildman–Crippen MR) is 81.3 cm³/mol. The van der Waals surface area contributed by atoms with Gasteiger partial charge in [0.1, 0.15) is 0 Å². The van der Waals surface area contributed by atoms with E-state index in [1.54, 1.807) is 0 Å². The van der Waals surface area contributed by atoms with Crippen LogP contribution in [-0.4, -0.2) is 13.5 Å². The second kappa shape index (κ2) is 5.21. The fraction of sp³-hybridized carbons (Fsp3) is 0.600. The maximum atomic E-state index is 6.74. The van der Waals surface area contributed by atoms with Crippen LogP contribution in [-0.2, 0) is 8.85 Å². The van der Waals surface area contributed by atoms with Gasteiger partial charge in [0.05, 0.1) is 11.7 Å². The first kappa shape index (κ1) is 15.0. The summed E-state index contributed by atoms with van der Waals surface area (Å²) < 4.78 is 12.3. The standard InChI is InChI=1S/C15H23ClO2Si/c1-11-12(2)19(16,18-15(3,4)5)17-14(11)13-9-7-6-8-10-13/h6-12,14H,1-5H3/t11-,12?,14-,19?/m0/s1. The van der Waals surface area contributed by atoms with Gasteiger partial charge in [-0.15, -0.1) is 0 Å². The fourth-order valence-corrected chi connectivity index (χ4v) is 6.87. The van der Waals surface area contributed by atoms with Crippen LogP contribution >= 0.6 is 11.1 Å².